The Labute approximate surface area is 51.4 Å². The molecule has 1 aliphatic carbocycles. The average Bonchev–Trinajstić information content (AvgIpc) is 2.14. The third kappa shape index (κ3) is 1.03. The van der Waals surface area contributed by atoms with E-state index >= 15 is 0 Å². The second kappa shape index (κ2) is 2.12. The number of hydrogen-bond donors (Lipinski definition) is 0. The van der Waals surface area contributed by atoms with Gasteiger partial charge in [0.05, 0.1) is 0 Å². The Morgan fingerprint density at radius 3 is 2.14 bits per heavy atom. The molecule has 0 aromatic carbocycles. The lowest BCUT2D eigenvalue weighted by Crippen LogP contribution is -1.55. The van der Waals surface area contributed by atoms with E-state index in [9.17, 15) is 0 Å². The van der Waals surface area contributed by atoms with Crippen molar-refractivity contribution in [2.24, 2.45) is 0 Å². The van der Waals surface area contributed by atoms with Crippen LogP contribution in [0, 0.1) is 0 Å². The fourth-order valence-corrected chi connectivity index (χ4v) is 0.767. The Kier molecular flexibility index (Phi) is 1.47. The highest BCUT2D eigenvalue weighted by atomic mass is 79.9. The van der Waals surface area contributed by atoms with Crippen LogP contribution in [0.15, 0.2) is 34.9 Å². The van der Waals surface area contributed by atoms with E-state index in [1.807, 2.05) is 29.3 Å². The van der Waals surface area contributed by atoms with Gasteiger partial charge in [-0.05, 0) is 10.6 Å². The highest BCUT2D eigenvalue weighted by Gasteiger charge is 1.85. The van der Waals surface area contributed by atoms with Gasteiger partial charge in [0, 0.05) is 0 Å². The Bertz CT molecular complexity index is 126. The van der Waals surface area contributed by atoms with Gasteiger partial charge in [-0.2, -0.15) is 0 Å². The number of hydrogen-bond acceptors (Lipinski definition) is 0. The zero-order valence-corrected chi connectivity index (χ0v) is 5.35. The molecule has 0 heterocycles. The summed E-state index contributed by atoms with van der Waals surface area (Å²) >= 11 is 3.21. The fraction of sp³-hybridized carbons (Fsp3) is 0. The zero-order valence-electron chi connectivity index (χ0n) is 3.76. The van der Waals surface area contributed by atoms with E-state index in [0.29, 0.717) is 0 Å². The third-order valence-electron chi connectivity index (χ3n) is 0.814. The van der Waals surface area contributed by atoms with Crippen LogP contribution >= 0.6 is 15.9 Å². The van der Waals surface area contributed by atoms with Crippen molar-refractivity contribution in [3.63, 3.8) is 0 Å². The molecular formula is C6H5Br. The Morgan fingerprint density at radius 2 is 1.86 bits per heavy atom. The molecule has 0 amide bonds. The maximum absolute atomic E-state index is 3.21. The van der Waals surface area contributed by atoms with E-state index in [0.717, 1.165) is 0 Å². The molecule has 0 N–H and O–H groups in total. The van der Waals surface area contributed by atoms with Crippen molar-refractivity contribution in [2.75, 3.05) is 0 Å². The molecule has 0 radical (unpaired) electrons. The van der Waals surface area contributed by atoms with E-state index < -0.39 is 0 Å². The molecule has 0 aromatic rings. The van der Waals surface area contributed by atoms with Gasteiger partial charge in [0.1, 0.15) is 0 Å². The van der Waals surface area contributed by atoms with Crippen LogP contribution in [0.2, 0.25) is 0 Å². The lowest BCUT2D eigenvalue weighted by Gasteiger charge is -1.76. The summed E-state index contributed by atoms with van der Waals surface area (Å²) in [6.07, 6.45) is 8.09. The second-order valence-electron chi connectivity index (χ2n) is 1.33. The minimum atomic E-state index is 1.22. The molecule has 1 rings (SSSR count). The van der Waals surface area contributed by atoms with Crippen LogP contribution < -0.4 is 0 Å². The molecule has 0 bridgehead atoms. The van der Waals surface area contributed by atoms with Crippen LogP contribution in [0.5, 0.6) is 0 Å². The van der Waals surface area contributed by atoms with Gasteiger partial charge >= 0.3 is 0 Å². The van der Waals surface area contributed by atoms with Gasteiger partial charge in [-0.15, -0.1) is 0 Å². The summed E-state index contributed by atoms with van der Waals surface area (Å²) < 4.78 is 0. The molecule has 1 heteroatoms. The molecular weight excluding hydrogens is 152 g/mol. The first kappa shape index (κ1) is 4.85. The van der Waals surface area contributed by atoms with Crippen LogP contribution in [-0.4, -0.2) is 0 Å². The van der Waals surface area contributed by atoms with Crippen LogP contribution in [0.25, 0.3) is 0 Å². The summed E-state index contributed by atoms with van der Waals surface area (Å²) in [5, 5.41) is 0. The molecule has 0 fully saturated rings. The Balaban J connectivity index is 2.79. The first-order chi connectivity index (χ1) is 3.43. The molecule has 0 nitrogen and oxygen atoms in total. The smallest absolute Gasteiger partial charge is 0.0116 e. The quantitative estimate of drug-likeness (QED) is 0.506. The molecule has 0 unspecified atom stereocenters. The van der Waals surface area contributed by atoms with E-state index in [2.05, 4.69) is 15.9 Å². The zero-order chi connectivity index (χ0) is 5.11. The van der Waals surface area contributed by atoms with Crippen molar-refractivity contribution in [1.82, 2.24) is 0 Å². The molecule has 7 heavy (non-hydrogen) atoms. The molecule has 36 valence electrons. The van der Waals surface area contributed by atoms with E-state index in [4.69, 9.17) is 0 Å². The van der Waals surface area contributed by atoms with Crippen molar-refractivity contribution in [3.05, 3.63) is 34.9 Å². The van der Waals surface area contributed by atoms with E-state index in [1.54, 1.807) is 0 Å². The topological polar surface area (TPSA) is 0 Å². The van der Waals surface area contributed by atoms with E-state index in [-0.39, 0.29) is 0 Å². The lowest BCUT2D eigenvalue weighted by molar-refractivity contribution is 1.84. The van der Waals surface area contributed by atoms with Crippen molar-refractivity contribution >= 4 is 15.9 Å². The minimum Gasteiger partial charge on any atom is -0.0616 e. The average molecular weight is 157 g/mol. The van der Waals surface area contributed by atoms with Gasteiger partial charge in [0.2, 0.25) is 0 Å². The number of allylic oxidation sites excluding steroid dienone is 5. The van der Waals surface area contributed by atoms with Crippen LogP contribution in [0.3, 0.4) is 0 Å². The molecule has 0 saturated heterocycles. The van der Waals surface area contributed by atoms with Crippen LogP contribution in [0.4, 0.5) is 0 Å². The molecule has 0 aliphatic heterocycles. The minimum absolute atomic E-state index is 1.22. The number of halogens is 1. The largest absolute Gasteiger partial charge is 0.0616 e. The highest BCUT2D eigenvalue weighted by molar-refractivity contribution is 9.11. The van der Waals surface area contributed by atoms with Gasteiger partial charge in [0.25, 0.3) is 0 Å². The monoisotopic (exact) mass is 156 g/mol. The third-order valence-corrected chi connectivity index (χ3v) is 1.34. The molecule has 1 aliphatic rings. The Morgan fingerprint density at radius 1 is 1.29 bits per heavy atom. The van der Waals surface area contributed by atoms with Gasteiger partial charge in [-0.1, -0.05) is 40.2 Å². The summed E-state index contributed by atoms with van der Waals surface area (Å²) in [7, 11) is 0. The standard InChI is InChI=1S/C6H5Br/c7-5-6-3-1-2-4-6/h1-5H. The molecule has 0 spiro atoms. The fourth-order valence-electron chi connectivity index (χ4n) is 0.462. The van der Waals surface area contributed by atoms with Crippen molar-refractivity contribution in [2.45, 2.75) is 0 Å². The summed E-state index contributed by atoms with van der Waals surface area (Å²) in [6.45, 7) is 0. The Hall–Kier alpha value is -0.300. The molecule has 0 aromatic heterocycles. The van der Waals surface area contributed by atoms with Gasteiger partial charge in [-0.3, -0.25) is 0 Å². The summed E-state index contributed by atoms with van der Waals surface area (Å²) in [5.41, 5.74) is 1.22. The predicted molar refractivity (Wildman–Crippen MR) is 35.3 cm³/mol. The SMILES string of the molecule is BrC=C1C=CC=C1. The lowest BCUT2D eigenvalue weighted by atomic mass is 10.4. The van der Waals surface area contributed by atoms with Gasteiger partial charge in [-0.25, -0.2) is 0 Å². The predicted octanol–water partition coefficient (Wildman–Crippen LogP) is 2.39. The normalized spacial score (nSPS) is 15.9. The van der Waals surface area contributed by atoms with E-state index in [1.165, 1.54) is 5.57 Å². The summed E-state index contributed by atoms with van der Waals surface area (Å²) in [4.78, 5) is 1.90. The van der Waals surface area contributed by atoms with Crippen molar-refractivity contribution in [3.8, 4) is 0 Å². The summed E-state index contributed by atoms with van der Waals surface area (Å²) in [6, 6.07) is 0. The van der Waals surface area contributed by atoms with Crippen LogP contribution in [0.1, 0.15) is 0 Å². The first-order valence-corrected chi connectivity index (χ1v) is 3.00. The maximum atomic E-state index is 3.21. The number of rotatable bonds is 0. The maximum Gasteiger partial charge on any atom is -0.0116 e. The van der Waals surface area contributed by atoms with Crippen molar-refractivity contribution in [1.29, 1.82) is 0 Å². The first-order valence-electron chi connectivity index (χ1n) is 2.08. The molecule has 0 saturated carbocycles. The van der Waals surface area contributed by atoms with Crippen molar-refractivity contribution < 1.29 is 0 Å². The van der Waals surface area contributed by atoms with Gasteiger partial charge in [0.15, 0.2) is 0 Å². The highest BCUT2D eigenvalue weighted by Crippen LogP contribution is 2.07. The van der Waals surface area contributed by atoms with Gasteiger partial charge < -0.3 is 0 Å². The second-order valence-corrected chi connectivity index (χ2v) is 1.79. The summed E-state index contributed by atoms with van der Waals surface area (Å²) in [5.74, 6) is 0. The molecule has 0 atom stereocenters. The van der Waals surface area contributed by atoms with Crippen LogP contribution in [-0.2, 0) is 0 Å².